The maximum atomic E-state index is 5.42. The zero-order valence-corrected chi connectivity index (χ0v) is 9.14. The van der Waals surface area contributed by atoms with E-state index in [2.05, 4.69) is 13.5 Å². The van der Waals surface area contributed by atoms with Gasteiger partial charge in [0.15, 0.2) is 5.79 Å². The van der Waals surface area contributed by atoms with Gasteiger partial charge in [0.2, 0.25) is 0 Å². The van der Waals surface area contributed by atoms with Gasteiger partial charge in [0.25, 0.3) is 0 Å². The lowest BCUT2D eigenvalue weighted by atomic mass is 10.0. The molecule has 0 spiro atoms. The first-order chi connectivity index (χ1) is 6.24. The molecule has 0 saturated carbocycles. The van der Waals surface area contributed by atoms with E-state index in [-0.39, 0.29) is 5.79 Å². The largest absolute Gasteiger partial charge is 0.353 e. The van der Waals surface area contributed by atoms with Gasteiger partial charge in [-0.25, -0.2) is 0 Å². The highest BCUT2D eigenvalue weighted by molar-refractivity contribution is 4.75. The summed E-state index contributed by atoms with van der Waals surface area (Å²) in [6, 6.07) is 0. The van der Waals surface area contributed by atoms with Crippen molar-refractivity contribution in [3.05, 3.63) is 12.7 Å². The summed E-state index contributed by atoms with van der Waals surface area (Å²) in [5.41, 5.74) is 0. The molecule has 0 aromatic carbocycles. The van der Waals surface area contributed by atoms with E-state index in [0.717, 1.165) is 25.7 Å². The number of ether oxygens (including phenoxy) is 2. The Morgan fingerprint density at radius 2 is 1.85 bits per heavy atom. The second kappa shape index (κ2) is 7.10. The molecule has 0 saturated heterocycles. The van der Waals surface area contributed by atoms with Gasteiger partial charge >= 0.3 is 0 Å². The molecule has 0 aliphatic rings. The molecule has 0 unspecified atom stereocenters. The molecule has 2 nitrogen and oxygen atoms in total. The van der Waals surface area contributed by atoms with Gasteiger partial charge in [0.1, 0.15) is 0 Å². The average Bonchev–Trinajstić information content (AvgIpc) is 2.20. The van der Waals surface area contributed by atoms with Crippen LogP contribution in [0.5, 0.6) is 0 Å². The molecule has 0 bridgehead atoms. The summed E-state index contributed by atoms with van der Waals surface area (Å²) in [5, 5.41) is 0. The molecule has 0 aliphatic carbocycles. The molecule has 0 N–H and O–H groups in total. The van der Waals surface area contributed by atoms with Gasteiger partial charge in [0, 0.05) is 27.1 Å². The van der Waals surface area contributed by atoms with E-state index in [0.29, 0.717) is 0 Å². The molecule has 0 rings (SSSR count). The molecular weight excluding hydrogens is 164 g/mol. The van der Waals surface area contributed by atoms with Gasteiger partial charge in [-0.15, -0.1) is 6.58 Å². The monoisotopic (exact) mass is 186 g/mol. The smallest absolute Gasteiger partial charge is 0.167 e. The number of hydrogen-bond donors (Lipinski definition) is 0. The van der Waals surface area contributed by atoms with Crippen LogP contribution in [0.15, 0.2) is 12.7 Å². The summed E-state index contributed by atoms with van der Waals surface area (Å²) in [6.45, 7) is 5.87. The molecular formula is C11H22O2. The summed E-state index contributed by atoms with van der Waals surface area (Å²) in [5.74, 6) is -0.385. The topological polar surface area (TPSA) is 18.5 Å². The summed E-state index contributed by atoms with van der Waals surface area (Å²) in [4.78, 5) is 0. The molecule has 0 aliphatic heterocycles. The third-order valence-corrected chi connectivity index (χ3v) is 2.38. The first-order valence-electron chi connectivity index (χ1n) is 4.96. The number of unbranched alkanes of at least 4 members (excludes halogenated alkanes) is 1. The van der Waals surface area contributed by atoms with Crippen molar-refractivity contribution in [2.45, 2.75) is 44.8 Å². The fourth-order valence-electron chi connectivity index (χ4n) is 1.38. The second-order valence-corrected chi connectivity index (χ2v) is 3.25. The highest BCUT2D eigenvalue weighted by Crippen LogP contribution is 2.25. The molecule has 0 atom stereocenters. The fraction of sp³-hybridized carbons (Fsp3) is 0.818. The number of rotatable bonds is 8. The van der Waals surface area contributed by atoms with E-state index in [1.54, 1.807) is 14.2 Å². The molecule has 13 heavy (non-hydrogen) atoms. The molecule has 0 radical (unpaired) electrons. The summed E-state index contributed by atoms with van der Waals surface area (Å²) in [6.07, 6.45) is 7.00. The molecule has 78 valence electrons. The lowest BCUT2D eigenvalue weighted by Crippen LogP contribution is -2.33. The van der Waals surface area contributed by atoms with Crippen LogP contribution in [0.25, 0.3) is 0 Å². The maximum Gasteiger partial charge on any atom is 0.167 e. The maximum absolute atomic E-state index is 5.42. The van der Waals surface area contributed by atoms with E-state index in [4.69, 9.17) is 9.47 Å². The van der Waals surface area contributed by atoms with Gasteiger partial charge < -0.3 is 9.47 Å². The fourth-order valence-corrected chi connectivity index (χ4v) is 1.38. The van der Waals surface area contributed by atoms with Gasteiger partial charge in [-0.2, -0.15) is 0 Å². The second-order valence-electron chi connectivity index (χ2n) is 3.25. The lowest BCUT2D eigenvalue weighted by molar-refractivity contribution is -0.214. The average molecular weight is 186 g/mol. The number of hydrogen-bond acceptors (Lipinski definition) is 2. The normalized spacial score (nSPS) is 11.6. The first kappa shape index (κ1) is 12.7. The van der Waals surface area contributed by atoms with E-state index in [9.17, 15) is 0 Å². The van der Waals surface area contributed by atoms with E-state index < -0.39 is 0 Å². The third kappa shape index (κ3) is 4.44. The quantitative estimate of drug-likeness (QED) is 0.428. The van der Waals surface area contributed by atoms with Crippen molar-refractivity contribution in [1.82, 2.24) is 0 Å². The van der Waals surface area contributed by atoms with E-state index >= 15 is 0 Å². The molecule has 0 aromatic heterocycles. The summed E-state index contributed by atoms with van der Waals surface area (Å²) < 4.78 is 10.8. The van der Waals surface area contributed by atoms with Gasteiger partial charge in [0.05, 0.1) is 0 Å². The van der Waals surface area contributed by atoms with Crippen LogP contribution in [0.4, 0.5) is 0 Å². The molecule has 0 amide bonds. The minimum atomic E-state index is -0.385. The van der Waals surface area contributed by atoms with Crippen LogP contribution in [0.2, 0.25) is 0 Å². The van der Waals surface area contributed by atoms with Gasteiger partial charge in [-0.1, -0.05) is 19.4 Å². The van der Waals surface area contributed by atoms with Crippen molar-refractivity contribution in [3.8, 4) is 0 Å². The third-order valence-electron chi connectivity index (χ3n) is 2.38. The van der Waals surface area contributed by atoms with Crippen LogP contribution in [-0.2, 0) is 9.47 Å². The number of allylic oxidation sites excluding steroid dienone is 1. The van der Waals surface area contributed by atoms with Crippen LogP contribution in [-0.4, -0.2) is 20.0 Å². The van der Waals surface area contributed by atoms with Crippen molar-refractivity contribution >= 4 is 0 Å². The van der Waals surface area contributed by atoms with Crippen molar-refractivity contribution < 1.29 is 9.47 Å². The minimum absolute atomic E-state index is 0.385. The standard InChI is InChI=1S/C11H22O2/c1-5-7-9-11(12-3,13-4)10-8-6-2/h5H,1,6-10H2,2-4H3. The van der Waals surface area contributed by atoms with Crippen molar-refractivity contribution in [3.63, 3.8) is 0 Å². The minimum Gasteiger partial charge on any atom is -0.353 e. The molecule has 0 aromatic rings. The van der Waals surface area contributed by atoms with Crippen LogP contribution in [0, 0.1) is 0 Å². The van der Waals surface area contributed by atoms with Crippen LogP contribution >= 0.6 is 0 Å². The Bertz CT molecular complexity index is 128. The number of methoxy groups -OCH3 is 2. The summed E-state index contributed by atoms with van der Waals surface area (Å²) in [7, 11) is 3.42. The zero-order chi connectivity index (χ0) is 10.2. The van der Waals surface area contributed by atoms with Crippen LogP contribution < -0.4 is 0 Å². The molecule has 2 heteroatoms. The predicted octanol–water partition coefficient (Wildman–Crippen LogP) is 3.13. The Morgan fingerprint density at radius 1 is 1.23 bits per heavy atom. The molecule has 0 fully saturated rings. The van der Waals surface area contributed by atoms with Crippen LogP contribution in [0.1, 0.15) is 39.0 Å². The Morgan fingerprint density at radius 3 is 2.23 bits per heavy atom. The Hall–Kier alpha value is -0.340. The Balaban J connectivity index is 4.04. The Labute approximate surface area is 81.9 Å². The van der Waals surface area contributed by atoms with Crippen molar-refractivity contribution in [2.24, 2.45) is 0 Å². The predicted molar refractivity (Wildman–Crippen MR) is 55.7 cm³/mol. The van der Waals surface area contributed by atoms with E-state index in [1.807, 2.05) is 6.08 Å². The zero-order valence-electron chi connectivity index (χ0n) is 9.14. The SMILES string of the molecule is C=CCCC(CCCC)(OC)OC. The Kier molecular flexibility index (Phi) is 6.92. The van der Waals surface area contributed by atoms with Crippen molar-refractivity contribution in [2.75, 3.05) is 14.2 Å². The van der Waals surface area contributed by atoms with Gasteiger partial charge in [-0.05, 0) is 12.8 Å². The highest BCUT2D eigenvalue weighted by atomic mass is 16.7. The van der Waals surface area contributed by atoms with Gasteiger partial charge in [-0.3, -0.25) is 0 Å². The summed E-state index contributed by atoms with van der Waals surface area (Å²) >= 11 is 0. The van der Waals surface area contributed by atoms with E-state index in [1.165, 1.54) is 6.42 Å². The first-order valence-corrected chi connectivity index (χ1v) is 4.96. The van der Waals surface area contributed by atoms with Crippen molar-refractivity contribution in [1.29, 1.82) is 0 Å². The highest BCUT2D eigenvalue weighted by Gasteiger charge is 2.27. The van der Waals surface area contributed by atoms with Crippen LogP contribution in [0.3, 0.4) is 0 Å². The molecule has 0 heterocycles. The lowest BCUT2D eigenvalue weighted by Gasteiger charge is -2.30.